The van der Waals surface area contributed by atoms with Crippen molar-refractivity contribution in [2.75, 3.05) is 18.4 Å². The van der Waals surface area contributed by atoms with Gasteiger partial charge in [0.25, 0.3) is 0 Å². The molecule has 0 aromatic heterocycles. The van der Waals surface area contributed by atoms with Crippen molar-refractivity contribution < 1.29 is 14.7 Å². The van der Waals surface area contributed by atoms with Crippen LogP contribution in [0, 0.1) is 5.92 Å². The summed E-state index contributed by atoms with van der Waals surface area (Å²) in [6.45, 7) is 1.58. The van der Waals surface area contributed by atoms with E-state index in [0.29, 0.717) is 16.7 Å². The van der Waals surface area contributed by atoms with Crippen molar-refractivity contribution in [3.05, 3.63) is 28.2 Å². The number of nitrogens with one attached hydrogen (secondary N) is 2. The summed E-state index contributed by atoms with van der Waals surface area (Å²) in [4.78, 5) is 23.2. The predicted octanol–water partition coefficient (Wildman–Crippen LogP) is 2.09. The van der Waals surface area contributed by atoms with Crippen molar-refractivity contribution in [1.82, 2.24) is 5.32 Å². The number of carboxylic acid groups (broad SMARTS) is 1. The molecule has 1 atom stereocenters. The summed E-state index contributed by atoms with van der Waals surface area (Å²) in [7, 11) is 0. The number of aromatic carboxylic acids is 1. The Morgan fingerprint density at radius 3 is 2.84 bits per heavy atom. The molecule has 3 N–H and O–H groups in total. The lowest BCUT2D eigenvalue weighted by atomic mass is 9.98. The van der Waals surface area contributed by atoms with E-state index >= 15 is 0 Å². The van der Waals surface area contributed by atoms with E-state index in [1.54, 1.807) is 12.1 Å². The molecule has 5 nitrogen and oxygen atoms in total. The number of carbonyl (C=O) groups excluding carboxylic acids is 1. The first-order valence-electron chi connectivity index (χ1n) is 6.12. The van der Waals surface area contributed by atoms with E-state index in [4.69, 9.17) is 5.11 Å². The number of hydrogen-bond donors (Lipinski definition) is 3. The molecule has 0 radical (unpaired) electrons. The molecular weight excluding hydrogens is 312 g/mol. The van der Waals surface area contributed by atoms with Gasteiger partial charge in [-0.25, -0.2) is 4.79 Å². The molecule has 0 spiro atoms. The fourth-order valence-electron chi connectivity index (χ4n) is 2.11. The Bertz CT molecular complexity index is 499. The van der Waals surface area contributed by atoms with Gasteiger partial charge < -0.3 is 15.7 Å². The zero-order valence-corrected chi connectivity index (χ0v) is 11.9. The fourth-order valence-corrected chi connectivity index (χ4v) is 2.47. The SMILES string of the molecule is O=C(O)c1cc(Br)ccc1NC(=O)[C@@H]1CCCNC1. The van der Waals surface area contributed by atoms with Crippen LogP contribution in [0.5, 0.6) is 0 Å². The van der Waals surface area contributed by atoms with Gasteiger partial charge >= 0.3 is 5.97 Å². The third-order valence-corrected chi connectivity index (χ3v) is 3.63. The lowest BCUT2D eigenvalue weighted by Gasteiger charge is -2.22. The van der Waals surface area contributed by atoms with E-state index in [9.17, 15) is 9.59 Å². The monoisotopic (exact) mass is 326 g/mol. The molecule has 1 fully saturated rings. The average Bonchev–Trinajstić information content (AvgIpc) is 2.41. The smallest absolute Gasteiger partial charge is 0.337 e. The number of anilines is 1. The van der Waals surface area contributed by atoms with Crippen LogP contribution in [0.3, 0.4) is 0 Å². The standard InChI is InChI=1S/C13H15BrN2O3/c14-9-3-4-11(10(6-9)13(18)19)16-12(17)8-2-1-5-15-7-8/h3-4,6,8,15H,1-2,5,7H2,(H,16,17)(H,18,19)/t8-/m1/s1. The number of benzene rings is 1. The van der Waals surface area contributed by atoms with Gasteiger partial charge in [0.1, 0.15) is 0 Å². The average molecular weight is 327 g/mol. The number of piperidine rings is 1. The topological polar surface area (TPSA) is 78.4 Å². The normalized spacial score (nSPS) is 18.9. The Labute approximate surface area is 119 Å². The number of rotatable bonds is 3. The van der Waals surface area contributed by atoms with E-state index in [1.807, 2.05) is 0 Å². The van der Waals surface area contributed by atoms with Crippen LogP contribution < -0.4 is 10.6 Å². The second-order valence-electron chi connectivity index (χ2n) is 4.53. The summed E-state index contributed by atoms with van der Waals surface area (Å²) in [5, 5.41) is 15.0. The molecular formula is C13H15BrN2O3. The second kappa shape index (κ2) is 6.16. The third kappa shape index (κ3) is 3.54. The van der Waals surface area contributed by atoms with Crippen molar-refractivity contribution in [2.24, 2.45) is 5.92 Å². The van der Waals surface area contributed by atoms with Gasteiger partial charge in [-0.15, -0.1) is 0 Å². The van der Waals surface area contributed by atoms with E-state index in [1.165, 1.54) is 6.07 Å². The molecule has 1 heterocycles. The van der Waals surface area contributed by atoms with Gasteiger partial charge in [-0.2, -0.15) is 0 Å². The minimum atomic E-state index is -1.06. The molecule has 0 saturated carbocycles. The highest BCUT2D eigenvalue weighted by Gasteiger charge is 2.22. The first-order chi connectivity index (χ1) is 9.08. The molecule has 1 aromatic carbocycles. The Hall–Kier alpha value is -1.40. The Balaban J connectivity index is 2.13. The summed E-state index contributed by atoms with van der Waals surface area (Å²) in [5.41, 5.74) is 0.428. The largest absolute Gasteiger partial charge is 0.478 e. The maximum Gasteiger partial charge on any atom is 0.337 e. The lowest BCUT2D eigenvalue weighted by molar-refractivity contribution is -0.120. The quantitative estimate of drug-likeness (QED) is 0.794. The molecule has 1 saturated heterocycles. The van der Waals surface area contributed by atoms with Crippen molar-refractivity contribution in [3.63, 3.8) is 0 Å². The number of carboxylic acids is 1. The molecule has 0 bridgehead atoms. The van der Waals surface area contributed by atoms with E-state index in [-0.39, 0.29) is 17.4 Å². The predicted molar refractivity (Wildman–Crippen MR) is 75.3 cm³/mol. The highest BCUT2D eigenvalue weighted by molar-refractivity contribution is 9.10. The van der Waals surface area contributed by atoms with Gasteiger partial charge in [-0.3, -0.25) is 4.79 Å². The maximum atomic E-state index is 12.1. The molecule has 1 aliphatic heterocycles. The zero-order valence-electron chi connectivity index (χ0n) is 10.3. The highest BCUT2D eigenvalue weighted by atomic mass is 79.9. The number of amides is 1. The Kier molecular flexibility index (Phi) is 4.55. The molecule has 1 aromatic rings. The maximum absolute atomic E-state index is 12.1. The minimum Gasteiger partial charge on any atom is -0.478 e. The number of carbonyl (C=O) groups is 2. The fraction of sp³-hybridized carbons (Fsp3) is 0.385. The molecule has 2 rings (SSSR count). The summed E-state index contributed by atoms with van der Waals surface area (Å²) in [5.74, 6) is -1.28. The first-order valence-corrected chi connectivity index (χ1v) is 6.91. The van der Waals surface area contributed by atoms with Crippen LogP contribution in [0.2, 0.25) is 0 Å². The Morgan fingerprint density at radius 1 is 1.42 bits per heavy atom. The van der Waals surface area contributed by atoms with Crippen LogP contribution in [0.4, 0.5) is 5.69 Å². The van der Waals surface area contributed by atoms with Crippen LogP contribution in [0.15, 0.2) is 22.7 Å². The molecule has 19 heavy (non-hydrogen) atoms. The summed E-state index contributed by atoms with van der Waals surface area (Å²) in [6, 6.07) is 4.79. The first kappa shape index (κ1) is 14.0. The lowest BCUT2D eigenvalue weighted by Crippen LogP contribution is -2.37. The zero-order chi connectivity index (χ0) is 13.8. The van der Waals surface area contributed by atoms with Gasteiger partial charge in [-0.1, -0.05) is 15.9 Å². The highest BCUT2D eigenvalue weighted by Crippen LogP contribution is 2.22. The summed E-state index contributed by atoms with van der Waals surface area (Å²) < 4.78 is 0.669. The molecule has 0 aliphatic carbocycles. The van der Waals surface area contributed by atoms with Crippen LogP contribution in [0.25, 0.3) is 0 Å². The molecule has 6 heteroatoms. The minimum absolute atomic E-state index is 0.0893. The van der Waals surface area contributed by atoms with Crippen molar-refractivity contribution in [1.29, 1.82) is 0 Å². The molecule has 1 amide bonds. The van der Waals surface area contributed by atoms with Crippen molar-refractivity contribution >= 4 is 33.5 Å². The van der Waals surface area contributed by atoms with E-state index < -0.39 is 5.97 Å². The van der Waals surface area contributed by atoms with Gasteiger partial charge in [0.15, 0.2) is 0 Å². The van der Waals surface area contributed by atoms with Crippen molar-refractivity contribution in [3.8, 4) is 0 Å². The second-order valence-corrected chi connectivity index (χ2v) is 5.44. The van der Waals surface area contributed by atoms with Crippen molar-refractivity contribution in [2.45, 2.75) is 12.8 Å². The van der Waals surface area contributed by atoms with Gasteiger partial charge in [0, 0.05) is 11.0 Å². The van der Waals surface area contributed by atoms with E-state index in [0.717, 1.165) is 19.4 Å². The van der Waals surface area contributed by atoms with Crippen LogP contribution in [-0.4, -0.2) is 30.1 Å². The van der Waals surface area contributed by atoms with Crippen LogP contribution in [0.1, 0.15) is 23.2 Å². The third-order valence-electron chi connectivity index (χ3n) is 3.14. The van der Waals surface area contributed by atoms with Gasteiger partial charge in [0.05, 0.1) is 17.2 Å². The molecule has 0 unspecified atom stereocenters. The van der Waals surface area contributed by atoms with Crippen LogP contribution in [-0.2, 0) is 4.79 Å². The number of hydrogen-bond acceptors (Lipinski definition) is 3. The summed E-state index contributed by atoms with van der Waals surface area (Å²) >= 11 is 3.22. The van der Waals surface area contributed by atoms with Crippen LogP contribution >= 0.6 is 15.9 Å². The molecule has 1 aliphatic rings. The number of halogens is 1. The van der Waals surface area contributed by atoms with Gasteiger partial charge in [-0.05, 0) is 37.6 Å². The van der Waals surface area contributed by atoms with Gasteiger partial charge in [0.2, 0.25) is 5.91 Å². The Morgan fingerprint density at radius 2 is 2.21 bits per heavy atom. The van der Waals surface area contributed by atoms with E-state index in [2.05, 4.69) is 26.6 Å². The molecule has 102 valence electrons. The summed E-state index contributed by atoms with van der Waals surface area (Å²) in [6.07, 6.45) is 1.79.